The van der Waals surface area contributed by atoms with Gasteiger partial charge in [-0.25, -0.2) is 4.39 Å². The zero-order valence-electron chi connectivity index (χ0n) is 11.7. The molecule has 1 saturated heterocycles. The van der Waals surface area contributed by atoms with Crippen molar-refractivity contribution in [3.63, 3.8) is 0 Å². The maximum Gasteiger partial charge on any atom is 0.165 e. The number of methoxy groups -OCH3 is 1. The van der Waals surface area contributed by atoms with Crippen LogP contribution in [0, 0.1) is 11.2 Å². The lowest BCUT2D eigenvalue weighted by Crippen LogP contribution is -2.44. The van der Waals surface area contributed by atoms with Crippen LogP contribution in [0.3, 0.4) is 0 Å². The zero-order valence-corrected chi connectivity index (χ0v) is 11.7. The summed E-state index contributed by atoms with van der Waals surface area (Å²) in [6, 6.07) is 4.94. The van der Waals surface area contributed by atoms with Gasteiger partial charge < -0.3 is 4.74 Å². The molecule has 0 atom stereocenters. The van der Waals surface area contributed by atoms with Crippen molar-refractivity contribution >= 4 is 5.78 Å². The molecule has 0 N–H and O–H groups in total. The Bertz CT molecular complexity index is 485. The number of hydrogen-bond acceptors (Lipinski definition) is 3. The van der Waals surface area contributed by atoms with E-state index in [1.807, 2.05) is 19.9 Å². The minimum Gasteiger partial charge on any atom is -0.494 e. The van der Waals surface area contributed by atoms with Crippen molar-refractivity contribution in [2.24, 2.45) is 5.41 Å². The Kier molecular flexibility index (Phi) is 3.90. The lowest BCUT2D eigenvalue weighted by atomic mass is 9.81. The second-order valence-electron chi connectivity index (χ2n) is 5.74. The van der Waals surface area contributed by atoms with Crippen LogP contribution in [-0.2, 0) is 11.3 Å². The summed E-state index contributed by atoms with van der Waals surface area (Å²) in [5.41, 5.74) is 0.646. The summed E-state index contributed by atoms with van der Waals surface area (Å²) >= 11 is 0. The maximum absolute atomic E-state index is 13.6. The normalized spacial score (nSPS) is 19.5. The Labute approximate surface area is 113 Å². The molecule has 3 nitrogen and oxygen atoms in total. The number of halogens is 1. The van der Waals surface area contributed by atoms with Gasteiger partial charge in [-0.2, -0.15) is 0 Å². The van der Waals surface area contributed by atoms with Crippen LogP contribution in [0.1, 0.15) is 25.8 Å². The lowest BCUT2D eigenvalue weighted by molar-refractivity contribution is -0.132. The van der Waals surface area contributed by atoms with Gasteiger partial charge in [0.1, 0.15) is 0 Å². The molecular weight excluding hydrogens is 245 g/mol. The van der Waals surface area contributed by atoms with Crippen molar-refractivity contribution in [3.8, 4) is 5.75 Å². The minimum absolute atomic E-state index is 0.221. The molecule has 0 amide bonds. The quantitative estimate of drug-likeness (QED) is 0.841. The Morgan fingerprint density at radius 3 is 2.74 bits per heavy atom. The molecule has 0 aliphatic carbocycles. The largest absolute Gasteiger partial charge is 0.494 e. The topological polar surface area (TPSA) is 29.5 Å². The summed E-state index contributed by atoms with van der Waals surface area (Å²) in [7, 11) is 1.45. The van der Waals surface area contributed by atoms with Gasteiger partial charge in [0.2, 0.25) is 0 Å². The fourth-order valence-electron chi connectivity index (χ4n) is 2.27. The number of piperidine rings is 1. The Balaban J connectivity index is 2.03. The van der Waals surface area contributed by atoms with E-state index >= 15 is 0 Å². The van der Waals surface area contributed by atoms with E-state index in [0.29, 0.717) is 13.1 Å². The summed E-state index contributed by atoms with van der Waals surface area (Å²) in [6.45, 7) is 5.88. The van der Waals surface area contributed by atoms with Crippen molar-refractivity contribution in [2.45, 2.75) is 26.8 Å². The standard InChI is InChI=1S/C15H20FNO2/c1-15(2)6-7-17(10-14(15)18)9-11-4-5-13(19-3)12(16)8-11/h4-5,8H,6-7,9-10H2,1-3H3. The van der Waals surface area contributed by atoms with E-state index in [0.717, 1.165) is 18.5 Å². The molecule has 0 saturated carbocycles. The van der Waals surface area contributed by atoms with Gasteiger partial charge in [0.25, 0.3) is 0 Å². The van der Waals surface area contributed by atoms with E-state index in [1.165, 1.54) is 13.2 Å². The second-order valence-corrected chi connectivity index (χ2v) is 5.74. The molecule has 0 spiro atoms. The molecular formula is C15H20FNO2. The predicted molar refractivity (Wildman–Crippen MR) is 71.6 cm³/mol. The highest BCUT2D eigenvalue weighted by Crippen LogP contribution is 2.28. The fourth-order valence-corrected chi connectivity index (χ4v) is 2.27. The number of nitrogens with zero attached hydrogens (tertiary/aromatic N) is 1. The first-order valence-electron chi connectivity index (χ1n) is 6.50. The molecule has 1 aromatic rings. The molecule has 1 heterocycles. The summed E-state index contributed by atoms with van der Waals surface area (Å²) in [5.74, 6) is 0.149. The van der Waals surface area contributed by atoms with Crippen molar-refractivity contribution in [3.05, 3.63) is 29.6 Å². The zero-order chi connectivity index (χ0) is 14.0. The third-order valence-corrected chi connectivity index (χ3v) is 3.80. The molecule has 1 aliphatic rings. The number of carbonyl (C=O) groups is 1. The number of benzene rings is 1. The number of Topliss-reactive ketones (excluding diaryl/α,β-unsaturated/α-hetero) is 1. The van der Waals surface area contributed by atoms with E-state index in [2.05, 4.69) is 4.90 Å². The average molecular weight is 265 g/mol. The van der Waals surface area contributed by atoms with Crippen molar-refractivity contribution in [2.75, 3.05) is 20.2 Å². The number of carbonyl (C=O) groups excluding carboxylic acids is 1. The number of hydrogen-bond donors (Lipinski definition) is 0. The van der Waals surface area contributed by atoms with E-state index in [4.69, 9.17) is 4.74 Å². The number of ether oxygens (including phenoxy) is 1. The van der Waals surface area contributed by atoms with E-state index in [1.54, 1.807) is 6.07 Å². The van der Waals surface area contributed by atoms with Crippen LogP contribution in [-0.4, -0.2) is 30.9 Å². The van der Waals surface area contributed by atoms with Crippen LogP contribution >= 0.6 is 0 Å². The molecule has 19 heavy (non-hydrogen) atoms. The van der Waals surface area contributed by atoms with Crippen molar-refractivity contribution < 1.29 is 13.9 Å². The number of rotatable bonds is 3. The van der Waals surface area contributed by atoms with Crippen LogP contribution in [0.4, 0.5) is 4.39 Å². The molecule has 0 radical (unpaired) electrons. The smallest absolute Gasteiger partial charge is 0.165 e. The van der Waals surface area contributed by atoms with Crippen LogP contribution in [0.2, 0.25) is 0 Å². The van der Waals surface area contributed by atoms with Gasteiger partial charge in [0.05, 0.1) is 13.7 Å². The third kappa shape index (κ3) is 3.13. The average Bonchev–Trinajstić information content (AvgIpc) is 2.35. The van der Waals surface area contributed by atoms with Crippen LogP contribution in [0.15, 0.2) is 18.2 Å². The van der Waals surface area contributed by atoms with E-state index in [9.17, 15) is 9.18 Å². The first kappa shape index (κ1) is 14.0. The lowest BCUT2D eigenvalue weighted by Gasteiger charge is -2.35. The molecule has 1 aliphatic heterocycles. The number of ketones is 1. The molecule has 0 aromatic heterocycles. The monoisotopic (exact) mass is 265 g/mol. The van der Waals surface area contributed by atoms with Crippen LogP contribution in [0.5, 0.6) is 5.75 Å². The molecule has 0 bridgehead atoms. The molecule has 4 heteroatoms. The first-order chi connectivity index (χ1) is 8.92. The molecule has 104 valence electrons. The van der Waals surface area contributed by atoms with Crippen LogP contribution in [0.25, 0.3) is 0 Å². The highest BCUT2D eigenvalue weighted by atomic mass is 19.1. The Morgan fingerprint density at radius 2 is 2.16 bits per heavy atom. The van der Waals surface area contributed by atoms with Crippen molar-refractivity contribution in [1.82, 2.24) is 4.90 Å². The molecule has 1 fully saturated rings. The Hall–Kier alpha value is -1.42. The van der Waals surface area contributed by atoms with Gasteiger partial charge >= 0.3 is 0 Å². The van der Waals surface area contributed by atoms with Gasteiger partial charge in [-0.15, -0.1) is 0 Å². The molecule has 2 rings (SSSR count). The maximum atomic E-state index is 13.6. The SMILES string of the molecule is COc1ccc(CN2CCC(C)(C)C(=O)C2)cc1F. The fraction of sp³-hybridized carbons (Fsp3) is 0.533. The molecule has 0 unspecified atom stereocenters. The third-order valence-electron chi connectivity index (χ3n) is 3.80. The Morgan fingerprint density at radius 1 is 1.42 bits per heavy atom. The molecule has 1 aromatic carbocycles. The van der Waals surface area contributed by atoms with Crippen LogP contribution < -0.4 is 4.74 Å². The summed E-state index contributed by atoms with van der Waals surface area (Å²) in [6.07, 6.45) is 0.852. The van der Waals surface area contributed by atoms with Crippen molar-refractivity contribution in [1.29, 1.82) is 0 Å². The van der Waals surface area contributed by atoms with E-state index in [-0.39, 0.29) is 22.8 Å². The highest BCUT2D eigenvalue weighted by Gasteiger charge is 2.33. The highest BCUT2D eigenvalue weighted by molar-refractivity contribution is 5.86. The summed E-state index contributed by atoms with van der Waals surface area (Å²) < 4.78 is 18.5. The first-order valence-corrected chi connectivity index (χ1v) is 6.50. The van der Waals surface area contributed by atoms with Gasteiger partial charge in [0.15, 0.2) is 17.3 Å². The van der Waals surface area contributed by atoms with Gasteiger partial charge in [-0.05, 0) is 30.7 Å². The minimum atomic E-state index is -0.358. The summed E-state index contributed by atoms with van der Waals surface area (Å²) in [4.78, 5) is 14.0. The second kappa shape index (κ2) is 5.29. The van der Waals surface area contributed by atoms with Gasteiger partial charge in [0, 0.05) is 12.0 Å². The van der Waals surface area contributed by atoms with Gasteiger partial charge in [-0.1, -0.05) is 19.9 Å². The number of likely N-dealkylation sites (tertiary alicyclic amines) is 1. The summed E-state index contributed by atoms with van der Waals surface area (Å²) in [5, 5.41) is 0. The predicted octanol–water partition coefficient (Wildman–Crippen LogP) is 2.64. The van der Waals surface area contributed by atoms with E-state index < -0.39 is 0 Å². The van der Waals surface area contributed by atoms with Gasteiger partial charge in [-0.3, -0.25) is 9.69 Å².